The van der Waals surface area contributed by atoms with E-state index in [1.54, 1.807) is 33.1 Å². The third-order valence-corrected chi connectivity index (χ3v) is 7.78. The first kappa shape index (κ1) is 26.6. The van der Waals surface area contributed by atoms with Gasteiger partial charge in [0, 0.05) is 19.6 Å². The lowest BCUT2D eigenvalue weighted by Gasteiger charge is -2.29. The zero-order valence-corrected chi connectivity index (χ0v) is 23.8. The molecule has 0 spiro atoms. The Morgan fingerprint density at radius 2 is 1.51 bits per heavy atom. The Morgan fingerprint density at radius 1 is 0.780 bits per heavy atom. The van der Waals surface area contributed by atoms with Gasteiger partial charge in [-0.05, 0) is 81.1 Å². The van der Waals surface area contributed by atoms with Crippen molar-refractivity contribution in [1.29, 1.82) is 0 Å². The molecular formula is C32H33N5O4. The third kappa shape index (κ3) is 5.04. The summed E-state index contributed by atoms with van der Waals surface area (Å²) in [4.78, 5) is 2.49. The number of methoxy groups -OCH3 is 4. The summed E-state index contributed by atoms with van der Waals surface area (Å²) in [6.07, 6.45) is 1.94. The van der Waals surface area contributed by atoms with E-state index in [0.717, 1.165) is 66.0 Å². The van der Waals surface area contributed by atoms with Crippen LogP contribution in [0.2, 0.25) is 0 Å². The van der Waals surface area contributed by atoms with E-state index in [-0.39, 0.29) is 0 Å². The number of tetrazole rings is 1. The van der Waals surface area contributed by atoms with Crippen molar-refractivity contribution in [2.45, 2.75) is 19.4 Å². The van der Waals surface area contributed by atoms with Gasteiger partial charge in [0.1, 0.15) is 0 Å². The minimum absolute atomic E-state index is 0.587. The van der Waals surface area contributed by atoms with Crippen molar-refractivity contribution in [3.63, 3.8) is 0 Å². The van der Waals surface area contributed by atoms with Crippen LogP contribution in [0.4, 0.5) is 0 Å². The molecule has 0 unspecified atom stereocenters. The lowest BCUT2D eigenvalue weighted by molar-refractivity contribution is 0.255. The summed E-state index contributed by atoms with van der Waals surface area (Å²) in [7, 11) is 6.63. The summed E-state index contributed by atoms with van der Waals surface area (Å²) < 4.78 is 24.2. The van der Waals surface area contributed by atoms with Crippen molar-refractivity contribution in [1.82, 2.24) is 25.1 Å². The van der Waals surface area contributed by atoms with Gasteiger partial charge in [-0.2, -0.15) is 4.68 Å². The normalized spacial score (nSPS) is 13.2. The molecule has 5 aromatic rings. The fraction of sp³-hybridized carbons (Fsp3) is 0.281. The fourth-order valence-electron chi connectivity index (χ4n) is 5.62. The second-order valence-electron chi connectivity index (χ2n) is 10.0. The first-order valence-electron chi connectivity index (χ1n) is 13.6. The molecule has 0 amide bonds. The first-order chi connectivity index (χ1) is 20.1. The average Bonchev–Trinajstić information content (AvgIpc) is 3.51. The van der Waals surface area contributed by atoms with Gasteiger partial charge in [0.15, 0.2) is 28.8 Å². The summed E-state index contributed by atoms with van der Waals surface area (Å²) in [5.74, 6) is 3.39. The second kappa shape index (κ2) is 11.5. The Hall–Kier alpha value is -4.63. The maximum absolute atomic E-state index is 5.79. The van der Waals surface area contributed by atoms with E-state index in [0.29, 0.717) is 17.3 Å². The van der Waals surface area contributed by atoms with Crippen molar-refractivity contribution < 1.29 is 18.9 Å². The lowest BCUT2D eigenvalue weighted by Crippen LogP contribution is -2.32. The van der Waals surface area contributed by atoms with Crippen LogP contribution in [0.3, 0.4) is 0 Å². The molecule has 0 fully saturated rings. The highest BCUT2D eigenvalue weighted by Gasteiger charge is 2.23. The Morgan fingerprint density at radius 3 is 2.24 bits per heavy atom. The van der Waals surface area contributed by atoms with Crippen LogP contribution in [-0.2, 0) is 19.4 Å². The number of benzene rings is 4. The molecule has 41 heavy (non-hydrogen) atoms. The van der Waals surface area contributed by atoms with Gasteiger partial charge in [-0.25, -0.2) is 0 Å². The highest BCUT2D eigenvalue weighted by Crippen LogP contribution is 2.43. The molecule has 9 heteroatoms. The topological polar surface area (TPSA) is 83.8 Å². The summed E-state index contributed by atoms with van der Waals surface area (Å²) in [6.45, 7) is 2.89. The number of nitrogens with zero attached hydrogens (tertiary/aromatic N) is 5. The van der Waals surface area contributed by atoms with E-state index >= 15 is 0 Å². The molecule has 0 saturated heterocycles. The maximum atomic E-state index is 5.79. The van der Waals surface area contributed by atoms with E-state index in [1.165, 1.54) is 16.7 Å². The molecule has 1 aliphatic rings. The van der Waals surface area contributed by atoms with Gasteiger partial charge in [0.2, 0.25) is 0 Å². The zero-order valence-electron chi connectivity index (χ0n) is 23.8. The molecule has 9 nitrogen and oxygen atoms in total. The first-order valence-corrected chi connectivity index (χ1v) is 13.6. The van der Waals surface area contributed by atoms with Crippen molar-refractivity contribution in [3.05, 3.63) is 83.4 Å². The largest absolute Gasteiger partial charge is 0.493 e. The number of aromatic nitrogens is 4. The van der Waals surface area contributed by atoms with Gasteiger partial charge in [-0.3, -0.25) is 4.90 Å². The number of rotatable bonds is 9. The predicted octanol–water partition coefficient (Wildman–Crippen LogP) is 5.12. The van der Waals surface area contributed by atoms with Crippen LogP contribution in [0.1, 0.15) is 16.7 Å². The Kier molecular flexibility index (Phi) is 7.43. The summed E-state index contributed by atoms with van der Waals surface area (Å²) in [5, 5.41) is 14.7. The number of hydrogen-bond donors (Lipinski definition) is 0. The van der Waals surface area contributed by atoms with Gasteiger partial charge in [-0.15, -0.1) is 5.10 Å². The molecule has 0 saturated carbocycles. The average molecular weight is 552 g/mol. The summed E-state index contributed by atoms with van der Waals surface area (Å²) in [6, 6.07) is 22.7. The second-order valence-corrected chi connectivity index (χ2v) is 10.0. The van der Waals surface area contributed by atoms with Crippen LogP contribution in [0.25, 0.3) is 27.8 Å². The maximum Gasteiger partial charge on any atom is 0.191 e. The fourth-order valence-corrected chi connectivity index (χ4v) is 5.62. The predicted molar refractivity (Wildman–Crippen MR) is 157 cm³/mol. The molecule has 0 aliphatic carbocycles. The van der Waals surface area contributed by atoms with Crippen LogP contribution >= 0.6 is 0 Å². The van der Waals surface area contributed by atoms with E-state index in [2.05, 4.69) is 56.8 Å². The van der Waals surface area contributed by atoms with E-state index in [1.807, 2.05) is 30.3 Å². The van der Waals surface area contributed by atoms with Crippen molar-refractivity contribution in [2.24, 2.45) is 0 Å². The molecular weight excluding hydrogens is 518 g/mol. The van der Waals surface area contributed by atoms with E-state index in [4.69, 9.17) is 18.9 Å². The standard InChI is InChI=1S/C32H33N5O4/c1-38-27-17-22-14-16-36(20-24(22)19-28(27)39-2)15-13-21-9-11-25(12-10-21)37-32(33-34-35-37)30-26-8-6-5-7-23(26)18-29(40-3)31(30)41-4/h5-12,17-19H,13-16,20H2,1-4H3. The number of hydrogen-bond acceptors (Lipinski definition) is 8. The Labute approximate surface area is 239 Å². The summed E-state index contributed by atoms with van der Waals surface area (Å²) in [5.41, 5.74) is 5.55. The molecule has 210 valence electrons. The quantitative estimate of drug-likeness (QED) is 0.250. The van der Waals surface area contributed by atoms with Gasteiger partial charge in [-0.1, -0.05) is 36.4 Å². The molecule has 0 bridgehead atoms. The Bertz CT molecular complexity index is 1680. The molecule has 4 aromatic carbocycles. The van der Waals surface area contributed by atoms with Gasteiger partial charge < -0.3 is 18.9 Å². The molecule has 0 N–H and O–H groups in total. The van der Waals surface area contributed by atoms with Crippen LogP contribution in [-0.4, -0.2) is 66.6 Å². The number of ether oxygens (including phenoxy) is 4. The van der Waals surface area contributed by atoms with Crippen LogP contribution in [0.5, 0.6) is 23.0 Å². The molecule has 1 aromatic heterocycles. The minimum atomic E-state index is 0.587. The molecule has 2 heterocycles. The monoisotopic (exact) mass is 551 g/mol. The van der Waals surface area contributed by atoms with Crippen molar-refractivity contribution in [3.8, 4) is 40.1 Å². The van der Waals surface area contributed by atoms with E-state index in [9.17, 15) is 0 Å². The van der Waals surface area contributed by atoms with Crippen molar-refractivity contribution >= 4 is 10.8 Å². The van der Waals surface area contributed by atoms with Gasteiger partial charge in [0.05, 0.1) is 39.7 Å². The number of fused-ring (bicyclic) bond motifs is 2. The van der Waals surface area contributed by atoms with E-state index < -0.39 is 0 Å². The summed E-state index contributed by atoms with van der Waals surface area (Å²) >= 11 is 0. The minimum Gasteiger partial charge on any atom is -0.493 e. The zero-order chi connectivity index (χ0) is 28.3. The lowest BCUT2D eigenvalue weighted by atomic mass is 9.98. The van der Waals surface area contributed by atoms with Crippen LogP contribution in [0, 0.1) is 0 Å². The smallest absolute Gasteiger partial charge is 0.191 e. The van der Waals surface area contributed by atoms with Crippen LogP contribution in [0.15, 0.2) is 66.7 Å². The molecule has 0 atom stereocenters. The van der Waals surface area contributed by atoms with Crippen molar-refractivity contribution in [2.75, 3.05) is 41.5 Å². The highest BCUT2D eigenvalue weighted by atomic mass is 16.5. The molecule has 1 aliphatic heterocycles. The highest BCUT2D eigenvalue weighted by molar-refractivity contribution is 6.00. The molecule has 6 rings (SSSR count). The Balaban J connectivity index is 1.21. The SMILES string of the molecule is COc1cc2c(cc1OC)CN(CCc1ccc(-n3nnnc3-c3c(OC)c(OC)cc4ccccc34)cc1)CC2. The van der Waals surface area contributed by atoms with Gasteiger partial charge >= 0.3 is 0 Å². The van der Waals surface area contributed by atoms with Gasteiger partial charge in [0.25, 0.3) is 0 Å². The van der Waals surface area contributed by atoms with Crippen LogP contribution < -0.4 is 18.9 Å². The molecule has 0 radical (unpaired) electrons. The third-order valence-electron chi connectivity index (χ3n) is 7.78.